The lowest BCUT2D eigenvalue weighted by Gasteiger charge is -2.15. The molecule has 1 aromatic heterocycles. The maximum Gasteiger partial charge on any atom is 0.250 e. The number of methoxy groups -OCH3 is 1. The van der Waals surface area contributed by atoms with Gasteiger partial charge < -0.3 is 20.1 Å². The number of aliphatic imine (C=N–C) groups is 1. The smallest absolute Gasteiger partial charge is 0.250 e. The zero-order valence-corrected chi connectivity index (χ0v) is 18.5. The van der Waals surface area contributed by atoms with Crippen molar-refractivity contribution in [3.63, 3.8) is 0 Å². The number of aryl methyl sites for hydroxylation is 1. The van der Waals surface area contributed by atoms with E-state index in [1.807, 2.05) is 25.1 Å². The maximum atomic E-state index is 12.1. The van der Waals surface area contributed by atoms with E-state index in [2.05, 4.69) is 20.3 Å². The maximum absolute atomic E-state index is 12.1. The van der Waals surface area contributed by atoms with E-state index in [1.165, 1.54) is 11.3 Å². The van der Waals surface area contributed by atoms with Gasteiger partial charge in [-0.1, -0.05) is 18.2 Å². The zero-order valence-electron chi connectivity index (χ0n) is 16.9. The van der Waals surface area contributed by atoms with Gasteiger partial charge in [0.15, 0.2) is 5.96 Å². The van der Waals surface area contributed by atoms with Gasteiger partial charge in [0, 0.05) is 39.4 Å². The summed E-state index contributed by atoms with van der Waals surface area (Å²) in [4.78, 5) is 4.17. The first-order valence-electron chi connectivity index (χ1n) is 9.15. The van der Waals surface area contributed by atoms with Gasteiger partial charge in [0.1, 0.15) is 16.6 Å². The number of ether oxygens (including phenoxy) is 2. The van der Waals surface area contributed by atoms with Crippen LogP contribution in [0.25, 0.3) is 0 Å². The molecule has 0 aliphatic carbocycles. The van der Waals surface area contributed by atoms with Crippen molar-refractivity contribution in [2.45, 2.75) is 17.7 Å². The van der Waals surface area contributed by atoms with Crippen LogP contribution in [0.2, 0.25) is 0 Å². The molecule has 10 heteroatoms. The molecule has 0 amide bonds. The van der Waals surface area contributed by atoms with Crippen molar-refractivity contribution in [1.29, 1.82) is 0 Å². The molecular weight excluding hydrogens is 412 g/mol. The first kappa shape index (κ1) is 23.1. The van der Waals surface area contributed by atoms with Gasteiger partial charge in [-0.25, -0.2) is 13.1 Å². The Morgan fingerprint density at radius 2 is 2.00 bits per heavy atom. The van der Waals surface area contributed by atoms with E-state index in [0.717, 1.165) is 16.9 Å². The molecule has 8 nitrogen and oxygen atoms in total. The molecule has 0 atom stereocenters. The molecule has 1 aromatic carbocycles. The minimum atomic E-state index is -3.46. The topological polar surface area (TPSA) is 101 Å². The van der Waals surface area contributed by atoms with E-state index >= 15 is 0 Å². The molecule has 0 saturated heterocycles. The van der Waals surface area contributed by atoms with Crippen molar-refractivity contribution in [2.75, 3.05) is 40.5 Å². The number of hydrogen-bond donors (Lipinski definition) is 3. The Balaban J connectivity index is 1.82. The third-order valence-electron chi connectivity index (χ3n) is 3.91. The summed E-state index contributed by atoms with van der Waals surface area (Å²) in [6.45, 7) is 4.17. The van der Waals surface area contributed by atoms with Crippen LogP contribution in [0.1, 0.15) is 11.1 Å². The molecule has 0 radical (unpaired) electrons. The van der Waals surface area contributed by atoms with E-state index < -0.39 is 10.0 Å². The molecule has 0 aliphatic rings. The van der Waals surface area contributed by atoms with Gasteiger partial charge in [0.25, 0.3) is 0 Å². The van der Waals surface area contributed by atoms with Gasteiger partial charge in [-0.05, 0) is 30.0 Å². The molecule has 3 N–H and O–H groups in total. The van der Waals surface area contributed by atoms with Crippen molar-refractivity contribution in [3.8, 4) is 5.75 Å². The second kappa shape index (κ2) is 11.8. The molecule has 0 unspecified atom stereocenters. The largest absolute Gasteiger partial charge is 0.491 e. The van der Waals surface area contributed by atoms with Gasteiger partial charge in [-0.15, -0.1) is 11.3 Å². The first-order chi connectivity index (χ1) is 14.0. The number of benzene rings is 1. The summed E-state index contributed by atoms with van der Waals surface area (Å²) in [6, 6.07) is 9.31. The van der Waals surface area contributed by atoms with Crippen LogP contribution in [0.4, 0.5) is 0 Å². The number of hydrogen-bond acceptors (Lipinski definition) is 6. The SMILES string of the molecule is CN=C(NCCNS(=O)(=O)c1cccs1)NCc1ccc(C)cc1OCCOC. The van der Waals surface area contributed by atoms with Gasteiger partial charge in [0.2, 0.25) is 10.0 Å². The number of thiophene rings is 1. The predicted molar refractivity (Wildman–Crippen MR) is 116 cm³/mol. The van der Waals surface area contributed by atoms with Gasteiger partial charge in [-0.3, -0.25) is 4.99 Å². The standard InChI is InChI=1S/C19H28N4O4S2/c1-15-6-7-16(17(13-15)27-11-10-26-3)14-22-19(20-2)21-8-9-23-29(24,25)18-5-4-12-28-18/h4-7,12-13,23H,8-11,14H2,1-3H3,(H2,20,21,22). The summed E-state index contributed by atoms with van der Waals surface area (Å²) < 4.78 is 37.9. The van der Waals surface area contributed by atoms with Crippen molar-refractivity contribution in [3.05, 3.63) is 46.8 Å². The molecular formula is C19H28N4O4S2. The predicted octanol–water partition coefficient (Wildman–Crippen LogP) is 1.73. The van der Waals surface area contributed by atoms with Gasteiger partial charge in [-0.2, -0.15) is 0 Å². The van der Waals surface area contributed by atoms with Crippen LogP contribution < -0.4 is 20.1 Å². The quantitative estimate of drug-likeness (QED) is 0.279. The highest BCUT2D eigenvalue weighted by Crippen LogP contribution is 2.20. The normalized spacial score (nSPS) is 12.0. The highest BCUT2D eigenvalue weighted by atomic mass is 32.2. The van der Waals surface area contributed by atoms with Crippen molar-refractivity contribution in [2.24, 2.45) is 4.99 Å². The highest BCUT2D eigenvalue weighted by Gasteiger charge is 2.14. The fraction of sp³-hybridized carbons (Fsp3) is 0.421. The minimum absolute atomic E-state index is 0.247. The number of sulfonamides is 1. The van der Waals surface area contributed by atoms with Crippen LogP contribution in [0.15, 0.2) is 44.9 Å². The average Bonchev–Trinajstić information content (AvgIpc) is 3.25. The van der Waals surface area contributed by atoms with Crippen LogP contribution in [0.5, 0.6) is 5.75 Å². The summed E-state index contributed by atoms with van der Waals surface area (Å²) in [5.74, 6) is 1.37. The molecule has 160 valence electrons. The van der Waals surface area contributed by atoms with Gasteiger partial charge >= 0.3 is 0 Å². The number of rotatable bonds is 11. The van der Waals surface area contributed by atoms with E-state index in [4.69, 9.17) is 9.47 Å². The summed E-state index contributed by atoms with van der Waals surface area (Å²) in [5.41, 5.74) is 2.11. The Kier molecular flexibility index (Phi) is 9.39. The molecule has 0 fully saturated rings. The van der Waals surface area contributed by atoms with E-state index in [0.29, 0.717) is 36.5 Å². The lowest BCUT2D eigenvalue weighted by Crippen LogP contribution is -2.41. The van der Waals surface area contributed by atoms with Gasteiger partial charge in [0.05, 0.1) is 6.61 Å². The summed E-state index contributed by atoms with van der Waals surface area (Å²) in [6.07, 6.45) is 0. The third kappa shape index (κ3) is 7.65. The summed E-state index contributed by atoms with van der Waals surface area (Å²) in [5, 5.41) is 8.04. The van der Waals surface area contributed by atoms with Crippen molar-refractivity contribution in [1.82, 2.24) is 15.4 Å². The van der Waals surface area contributed by atoms with Crippen LogP contribution in [0, 0.1) is 6.92 Å². The van der Waals surface area contributed by atoms with Crippen LogP contribution in [-0.4, -0.2) is 54.8 Å². The molecule has 2 rings (SSSR count). The fourth-order valence-corrected chi connectivity index (χ4v) is 4.50. The molecule has 29 heavy (non-hydrogen) atoms. The Morgan fingerprint density at radius 1 is 1.17 bits per heavy atom. The second-order valence-corrected chi connectivity index (χ2v) is 9.08. The van der Waals surface area contributed by atoms with Crippen LogP contribution in [-0.2, 0) is 21.3 Å². The van der Waals surface area contributed by atoms with E-state index in [1.54, 1.807) is 31.7 Å². The van der Waals surface area contributed by atoms with Crippen LogP contribution >= 0.6 is 11.3 Å². The Hall–Kier alpha value is -2.14. The number of nitrogens with zero attached hydrogens (tertiary/aromatic N) is 1. The second-order valence-electron chi connectivity index (χ2n) is 6.13. The van der Waals surface area contributed by atoms with Crippen LogP contribution in [0.3, 0.4) is 0 Å². The van der Waals surface area contributed by atoms with E-state index in [9.17, 15) is 8.42 Å². The minimum Gasteiger partial charge on any atom is -0.491 e. The Morgan fingerprint density at radius 3 is 2.69 bits per heavy atom. The molecule has 1 heterocycles. The fourth-order valence-electron chi connectivity index (χ4n) is 2.43. The van der Waals surface area contributed by atoms with Crippen molar-refractivity contribution >= 4 is 27.3 Å². The molecule has 0 bridgehead atoms. The molecule has 0 spiro atoms. The molecule has 0 aliphatic heterocycles. The van der Waals surface area contributed by atoms with Crippen molar-refractivity contribution < 1.29 is 17.9 Å². The Bertz CT molecular complexity index is 884. The molecule has 0 saturated carbocycles. The molecule has 2 aromatic rings. The number of guanidine groups is 1. The highest BCUT2D eigenvalue weighted by molar-refractivity contribution is 7.91. The van der Waals surface area contributed by atoms with E-state index in [-0.39, 0.29) is 6.54 Å². The Labute approximate surface area is 176 Å². The lowest BCUT2D eigenvalue weighted by molar-refractivity contribution is 0.145. The first-order valence-corrected chi connectivity index (χ1v) is 11.5. The third-order valence-corrected chi connectivity index (χ3v) is 6.77. The summed E-state index contributed by atoms with van der Waals surface area (Å²) in [7, 11) is -0.156. The lowest BCUT2D eigenvalue weighted by atomic mass is 10.1. The monoisotopic (exact) mass is 440 g/mol. The zero-order chi connectivity index (χ0) is 21.1. The average molecular weight is 441 g/mol. The number of nitrogens with one attached hydrogen (secondary N) is 3. The summed E-state index contributed by atoms with van der Waals surface area (Å²) >= 11 is 1.19.